The third kappa shape index (κ3) is 4.52. The van der Waals surface area contributed by atoms with Gasteiger partial charge in [-0.25, -0.2) is 4.79 Å². The minimum absolute atomic E-state index is 0.270. The number of aliphatic carboxylic acids is 1. The molecule has 1 saturated heterocycles. The molecule has 4 aliphatic rings. The van der Waals surface area contributed by atoms with Crippen molar-refractivity contribution < 1.29 is 49.0 Å². The first-order valence-corrected chi connectivity index (χ1v) is 13.2. The highest BCUT2D eigenvalue weighted by Gasteiger charge is 2.59. The average Bonchev–Trinajstić information content (AvgIpc) is 3.59. The molecule has 0 amide bonds. The van der Waals surface area contributed by atoms with Crippen molar-refractivity contribution >= 4 is 24.3 Å². The number of carbonyl (C=O) groups is 2. The Hall–Kier alpha value is -2.96. The normalized spacial score (nSPS) is 36.7. The van der Waals surface area contributed by atoms with Crippen LogP contribution in [0.25, 0.3) is 12.3 Å². The van der Waals surface area contributed by atoms with Gasteiger partial charge < -0.3 is 44.4 Å². The number of hydrogen-bond donors (Lipinski definition) is 5. The number of aliphatic hydroxyl groups is 3. The van der Waals surface area contributed by atoms with Crippen molar-refractivity contribution in [2.45, 2.75) is 68.4 Å². The first-order valence-electron chi connectivity index (χ1n) is 13.2. The molecule has 1 saturated carbocycles. The zero-order chi connectivity index (χ0) is 27.9. The number of carboxylic acid groups (broad SMARTS) is 1. The number of carbonyl (C=O) groups excluding carboxylic acids is 1. The lowest BCUT2D eigenvalue weighted by Crippen LogP contribution is -2.69. The lowest BCUT2D eigenvalue weighted by Gasteiger charge is -2.52. The molecule has 11 heteroatoms. The Morgan fingerprint density at radius 1 is 1.26 bits per heavy atom. The topological polar surface area (TPSA) is 168 Å². The van der Waals surface area contributed by atoms with E-state index in [0.717, 1.165) is 18.1 Å². The Morgan fingerprint density at radius 3 is 2.64 bits per heavy atom. The van der Waals surface area contributed by atoms with Crippen molar-refractivity contribution in [3.63, 3.8) is 0 Å². The number of fused-ring (bicyclic) bond motifs is 1. The van der Waals surface area contributed by atoms with Gasteiger partial charge in [0, 0.05) is 34.2 Å². The summed E-state index contributed by atoms with van der Waals surface area (Å²) in [4.78, 5) is 27.6. The van der Waals surface area contributed by atoms with Gasteiger partial charge in [0.1, 0.15) is 24.6 Å². The molecule has 0 bridgehead atoms. The summed E-state index contributed by atoms with van der Waals surface area (Å²) < 4.78 is 23.4. The molecule has 39 heavy (non-hydrogen) atoms. The summed E-state index contributed by atoms with van der Waals surface area (Å²) in [6, 6.07) is 1.78. The van der Waals surface area contributed by atoms with Crippen LogP contribution < -0.4 is 10.6 Å². The van der Waals surface area contributed by atoms with Crippen LogP contribution in [0.2, 0.25) is 0 Å². The van der Waals surface area contributed by atoms with E-state index in [4.69, 9.17) is 18.9 Å². The van der Waals surface area contributed by atoms with Crippen LogP contribution in [-0.2, 0) is 28.5 Å². The van der Waals surface area contributed by atoms with E-state index in [1.165, 1.54) is 13.4 Å². The molecule has 8 atom stereocenters. The Kier molecular flexibility index (Phi) is 7.47. The number of hydrogen-bond acceptors (Lipinski definition) is 9. The molecule has 2 aliphatic carbocycles. The van der Waals surface area contributed by atoms with E-state index in [0.29, 0.717) is 18.2 Å². The number of carboxylic acids is 1. The second-order valence-corrected chi connectivity index (χ2v) is 10.8. The van der Waals surface area contributed by atoms with Crippen molar-refractivity contribution in [2.75, 3.05) is 13.7 Å². The number of H-pyrrole nitrogens is 1. The number of aromatic nitrogens is 1. The maximum Gasteiger partial charge on any atom is 0.333 e. The molecule has 5 N–H and O–H groups in total. The molecule has 11 nitrogen and oxygen atoms in total. The molecule has 2 fully saturated rings. The minimum atomic E-state index is -1.58. The van der Waals surface area contributed by atoms with Crippen molar-refractivity contribution in [1.29, 1.82) is 0 Å². The molecular formula is C28H35NO10. The fraction of sp³-hybridized carbons (Fsp3) is 0.571. The number of aromatic amines is 1. The average molecular weight is 546 g/mol. The minimum Gasteiger partial charge on any atom is -0.483 e. The molecule has 1 aromatic rings. The van der Waals surface area contributed by atoms with E-state index < -0.39 is 72.1 Å². The summed E-state index contributed by atoms with van der Waals surface area (Å²) in [6.45, 7) is 3.39. The molecule has 1 aromatic heterocycles. The summed E-state index contributed by atoms with van der Waals surface area (Å²) in [5.74, 6) is -3.12. The zero-order valence-corrected chi connectivity index (χ0v) is 21.7. The number of aliphatic hydroxyl groups excluding tert-OH is 3. The van der Waals surface area contributed by atoms with Crippen LogP contribution >= 0.6 is 0 Å². The van der Waals surface area contributed by atoms with Gasteiger partial charge in [-0.15, -0.1) is 6.58 Å². The Morgan fingerprint density at radius 2 is 2.00 bits per heavy atom. The van der Waals surface area contributed by atoms with Crippen molar-refractivity contribution in [3.05, 3.63) is 47.1 Å². The first-order chi connectivity index (χ1) is 18.7. The lowest BCUT2D eigenvalue weighted by atomic mass is 9.62. The Bertz CT molecular complexity index is 1260. The number of nitrogens with one attached hydrogen (secondary N) is 1. The van der Waals surface area contributed by atoms with Gasteiger partial charge in [-0.05, 0) is 25.0 Å². The van der Waals surface area contributed by atoms with Crippen LogP contribution in [0.15, 0.2) is 36.6 Å². The van der Waals surface area contributed by atoms with Crippen LogP contribution in [0.4, 0.5) is 0 Å². The molecule has 0 radical (unpaired) electrons. The van der Waals surface area contributed by atoms with Crippen LogP contribution in [0.5, 0.6) is 0 Å². The van der Waals surface area contributed by atoms with Gasteiger partial charge in [0.15, 0.2) is 11.9 Å². The Balaban J connectivity index is 1.51. The van der Waals surface area contributed by atoms with Crippen LogP contribution in [0.1, 0.15) is 32.1 Å². The van der Waals surface area contributed by atoms with Gasteiger partial charge in [-0.3, -0.25) is 4.79 Å². The van der Waals surface area contributed by atoms with Gasteiger partial charge in [-0.1, -0.05) is 25.0 Å². The standard InChI is InChI=1S/C28H35NO10/c1-3-16-17(10-21(31)32)18(25(35)36-2)12-27(7-4-5-8-27)24(16)39-26-22(33)23(34)28(20(13-30)38-26)11-15-6-9-29-19(15)14-37-28/h3,6,9,11-12,14,16-17,20,22-24,26,29-30,33-34H,1,4-5,7-8,10,13H2,2H3,(H,31,32)/t16-,17+,20-,22-,23-,24+,26+,28-/m1/s1. The highest BCUT2D eigenvalue weighted by atomic mass is 16.7. The largest absolute Gasteiger partial charge is 0.483 e. The SMILES string of the molecule is C=C[C@@H]1[C@H](CC(=O)O)C(C(=O)OC)=CC2(CCCC2)[C@H]1O[C@@H]1O[C@H](CO)[C@]2(C=c3cc[nH]c3=CO2)[C@H](O)[C@H]1O. The number of rotatable bonds is 7. The van der Waals surface area contributed by atoms with E-state index >= 15 is 0 Å². The smallest absolute Gasteiger partial charge is 0.333 e. The summed E-state index contributed by atoms with van der Waals surface area (Å²) in [5.41, 5.74) is -1.97. The summed E-state index contributed by atoms with van der Waals surface area (Å²) >= 11 is 0. The third-order valence-corrected chi connectivity index (χ3v) is 8.73. The highest BCUT2D eigenvalue weighted by Crippen LogP contribution is 2.54. The van der Waals surface area contributed by atoms with E-state index in [-0.39, 0.29) is 12.0 Å². The summed E-state index contributed by atoms with van der Waals surface area (Å²) in [5, 5.41) is 43.9. The maximum absolute atomic E-state index is 12.8. The molecule has 0 unspecified atom stereocenters. The van der Waals surface area contributed by atoms with Crippen LogP contribution in [0.3, 0.4) is 0 Å². The van der Waals surface area contributed by atoms with E-state index in [1.807, 2.05) is 0 Å². The van der Waals surface area contributed by atoms with Crippen LogP contribution in [-0.4, -0.2) is 87.4 Å². The van der Waals surface area contributed by atoms with Gasteiger partial charge in [-0.2, -0.15) is 0 Å². The molecule has 2 spiro atoms. The Labute approximate surface area is 225 Å². The lowest BCUT2D eigenvalue weighted by molar-refractivity contribution is -0.333. The van der Waals surface area contributed by atoms with E-state index in [1.54, 1.807) is 30.5 Å². The van der Waals surface area contributed by atoms with Crippen molar-refractivity contribution in [1.82, 2.24) is 4.98 Å². The molecule has 0 aromatic carbocycles. The summed E-state index contributed by atoms with van der Waals surface area (Å²) in [6.07, 6.45) is 4.44. The molecule has 2 aliphatic heterocycles. The molecule has 3 heterocycles. The zero-order valence-electron chi connectivity index (χ0n) is 21.7. The molecular weight excluding hydrogens is 510 g/mol. The fourth-order valence-electron chi connectivity index (χ4n) is 6.82. The van der Waals surface area contributed by atoms with Gasteiger partial charge in [0.2, 0.25) is 0 Å². The van der Waals surface area contributed by atoms with Gasteiger partial charge in [0.05, 0.1) is 31.6 Å². The second kappa shape index (κ2) is 10.5. The van der Waals surface area contributed by atoms with Crippen LogP contribution in [0, 0.1) is 17.3 Å². The first kappa shape index (κ1) is 27.6. The third-order valence-electron chi connectivity index (χ3n) is 8.73. The number of ether oxygens (including phenoxy) is 4. The van der Waals surface area contributed by atoms with E-state index in [9.17, 15) is 30.0 Å². The van der Waals surface area contributed by atoms with Crippen molar-refractivity contribution in [3.8, 4) is 0 Å². The highest BCUT2D eigenvalue weighted by molar-refractivity contribution is 5.90. The van der Waals surface area contributed by atoms with E-state index in [2.05, 4.69) is 11.6 Å². The fourth-order valence-corrected chi connectivity index (χ4v) is 6.82. The van der Waals surface area contributed by atoms with Crippen molar-refractivity contribution in [2.24, 2.45) is 17.3 Å². The second-order valence-electron chi connectivity index (χ2n) is 10.8. The summed E-state index contributed by atoms with van der Waals surface area (Å²) in [7, 11) is 1.25. The number of methoxy groups -OCH3 is 1. The molecule has 212 valence electrons. The maximum atomic E-state index is 12.8. The predicted octanol–water partition coefficient (Wildman–Crippen LogP) is -0.307. The van der Waals surface area contributed by atoms with Gasteiger partial charge >= 0.3 is 11.9 Å². The quantitative estimate of drug-likeness (QED) is 0.227. The predicted molar refractivity (Wildman–Crippen MR) is 136 cm³/mol. The number of esters is 1. The van der Waals surface area contributed by atoms with Gasteiger partial charge in [0.25, 0.3) is 0 Å². The monoisotopic (exact) mass is 545 g/mol. The molecule has 5 rings (SSSR count).